The number of aliphatic hydroxyl groups is 1. The Morgan fingerprint density at radius 3 is 2.03 bits per heavy atom. The van der Waals surface area contributed by atoms with E-state index in [0.29, 0.717) is 23.1 Å². The van der Waals surface area contributed by atoms with Crippen LogP contribution < -0.4 is 0 Å². The predicted octanol–water partition coefficient (Wildman–Crippen LogP) is 7.68. The van der Waals surface area contributed by atoms with Crippen molar-refractivity contribution in [3.8, 4) is 11.5 Å². The molecule has 0 heterocycles. The van der Waals surface area contributed by atoms with Gasteiger partial charge >= 0.3 is 0 Å². The number of allylic oxidation sites excluding steroid dienone is 6. The molecule has 1 aromatic carbocycles. The van der Waals surface area contributed by atoms with Gasteiger partial charge in [0.2, 0.25) is 0 Å². The normalized spacial score (nSPS) is 14.7. The predicted molar refractivity (Wildman–Crippen MR) is 134 cm³/mol. The summed E-state index contributed by atoms with van der Waals surface area (Å²) in [7, 11) is 0. The summed E-state index contributed by atoms with van der Waals surface area (Å²) in [5, 5.41) is 31.0. The Kier molecular flexibility index (Phi) is 10.8. The fraction of sp³-hybridized carbons (Fsp3) is 0.500. The second kappa shape index (κ2) is 12.6. The molecule has 1 rings (SSSR count). The molecule has 0 radical (unpaired) electrons. The average Bonchev–Trinajstić information content (AvgIpc) is 2.66. The summed E-state index contributed by atoms with van der Waals surface area (Å²) in [4.78, 5) is 0. The van der Waals surface area contributed by atoms with Gasteiger partial charge in [-0.25, -0.2) is 0 Å². The zero-order chi connectivity index (χ0) is 23.6. The number of hydrogen-bond acceptors (Lipinski definition) is 3. The van der Waals surface area contributed by atoms with Gasteiger partial charge in [-0.1, -0.05) is 47.1 Å². The molecule has 0 saturated heterocycles. The van der Waals surface area contributed by atoms with Gasteiger partial charge < -0.3 is 15.3 Å². The van der Waals surface area contributed by atoms with E-state index in [1.165, 1.54) is 16.7 Å². The van der Waals surface area contributed by atoms with E-state index < -0.39 is 5.60 Å². The summed E-state index contributed by atoms with van der Waals surface area (Å²) in [5.41, 5.74) is 4.94. The monoisotopic (exact) mass is 426 g/mol. The van der Waals surface area contributed by atoms with Gasteiger partial charge in [-0.05, 0) is 98.6 Å². The molecule has 1 atom stereocenters. The fourth-order valence-electron chi connectivity index (χ4n) is 3.41. The number of rotatable bonds is 11. The van der Waals surface area contributed by atoms with Crippen molar-refractivity contribution in [3.63, 3.8) is 0 Å². The first kappa shape index (κ1) is 26.8. The van der Waals surface area contributed by atoms with Crippen LogP contribution in [0, 0.1) is 13.8 Å². The molecule has 0 aliphatic carbocycles. The van der Waals surface area contributed by atoms with E-state index in [1.54, 1.807) is 39.0 Å². The van der Waals surface area contributed by atoms with Gasteiger partial charge in [0.05, 0.1) is 5.60 Å². The van der Waals surface area contributed by atoms with Gasteiger partial charge in [0.1, 0.15) is 11.5 Å². The lowest BCUT2D eigenvalue weighted by atomic mass is 9.95. The van der Waals surface area contributed by atoms with E-state index in [2.05, 4.69) is 45.9 Å². The van der Waals surface area contributed by atoms with Crippen molar-refractivity contribution < 1.29 is 15.3 Å². The van der Waals surface area contributed by atoms with Crippen LogP contribution in [-0.4, -0.2) is 20.9 Å². The number of aryl methyl sites for hydroxylation is 1. The first-order valence-electron chi connectivity index (χ1n) is 11.3. The molecule has 0 aliphatic heterocycles. The van der Waals surface area contributed by atoms with Gasteiger partial charge in [-0.2, -0.15) is 0 Å². The molecule has 0 aliphatic rings. The second-order valence-electron chi connectivity index (χ2n) is 9.29. The molecule has 1 unspecified atom stereocenters. The summed E-state index contributed by atoms with van der Waals surface area (Å²) in [6.45, 7) is 13.9. The standard InChI is InChI=1S/C28H42O3/c1-20(2)11-8-12-21(3)13-9-14-22(4)15-10-17-28(7,31)18-16-25-24(6)26(29)19-23(5)27(25)30/h11,13,15-16,18-19,29-31H,8-10,12,14,17H2,1-7H3/b18-16+,21-13?,22-15?. The molecule has 0 bridgehead atoms. The molecule has 0 fully saturated rings. The number of hydrogen-bond donors (Lipinski definition) is 3. The quantitative estimate of drug-likeness (QED) is 0.251. The van der Waals surface area contributed by atoms with Crippen LogP contribution in [0.3, 0.4) is 0 Å². The van der Waals surface area contributed by atoms with Crippen LogP contribution in [0.25, 0.3) is 6.08 Å². The first-order chi connectivity index (χ1) is 14.4. The van der Waals surface area contributed by atoms with E-state index in [4.69, 9.17) is 0 Å². The minimum atomic E-state index is -0.990. The van der Waals surface area contributed by atoms with E-state index in [9.17, 15) is 15.3 Å². The number of phenols is 2. The Balaban J connectivity index is 2.57. The number of benzene rings is 1. The van der Waals surface area contributed by atoms with Crippen molar-refractivity contribution in [2.45, 2.75) is 92.6 Å². The second-order valence-corrected chi connectivity index (χ2v) is 9.29. The van der Waals surface area contributed by atoms with E-state index >= 15 is 0 Å². The van der Waals surface area contributed by atoms with Crippen molar-refractivity contribution in [1.82, 2.24) is 0 Å². The van der Waals surface area contributed by atoms with Crippen molar-refractivity contribution in [3.05, 3.63) is 63.8 Å². The molecule has 0 aromatic heterocycles. The largest absolute Gasteiger partial charge is 0.508 e. The van der Waals surface area contributed by atoms with Crippen molar-refractivity contribution >= 4 is 6.08 Å². The van der Waals surface area contributed by atoms with E-state index in [1.807, 2.05) is 0 Å². The first-order valence-corrected chi connectivity index (χ1v) is 11.3. The van der Waals surface area contributed by atoms with Crippen LogP contribution in [0.5, 0.6) is 11.5 Å². The van der Waals surface area contributed by atoms with Crippen molar-refractivity contribution in [2.24, 2.45) is 0 Å². The Morgan fingerprint density at radius 1 is 0.903 bits per heavy atom. The van der Waals surface area contributed by atoms with Gasteiger partial charge in [0.25, 0.3) is 0 Å². The molecule has 1 aromatic rings. The molecule has 3 nitrogen and oxygen atoms in total. The summed E-state index contributed by atoms with van der Waals surface area (Å²) in [6, 6.07) is 1.55. The molecule has 3 heteroatoms. The Hall–Kier alpha value is -2.26. The SMILES string of the molecule is CC(C)=CCCC(C)=CCCC(C)=CCCC(C)(O)/C=C/c1c(C)c(O)cc(C)c1O. The van der Waals surface area contributed by atoms with Crippen LogP contribution in [0.2, 0.25) is 0 Å². The van der Waals surface area contributed by atoms with Gasteiger partial charge in [-0.15, -0.1) is 0 Å². The van der Waals surface area contributed by atoms with Gasteiger partial charge in [0, 0.05) is 11.1 Å². The highest BCUT2D eigenvalue weighted by molar-refractivity contribution is 5.66. The maximum Gasteiger partial charge on any atom is 0.126 e. The average molecular weight is 427 g/mol. The zero-order valence-electron chi connectivity index (χ0n) is 20.5. The van der Waals surface area contributed by atoms with Crippen LogP contribution in [0.4, 0.5) is 0 Å². The van der Waals surface area contributed by atoms with Gasteiger partial charge in [-0.3, -0.25) is 0 Å². The zero-order valence-corrected chi connectivity index (χ0v) is 20.5. The van der Waals surface area contributed by atoms with Crippen LogP contribution in [-0.2, 0) is 0 Å². The highest BCUT2D eigenvalue weighted by atomic mass is 16.3. The molecule has 0 spiro atoms. The summed E-state index contributed by atoms with van der Waals surface area (Å²) < 4.78 is 0. The Bertz CT molecular complexity index is 821. The molecule has 0 saturated carbocycles. The fourth-order valence-corrected chi connectivity index (χ4v) is 3.41. The highest BCUT2D eigenvalue weighted by Gasteiger charge is 2.17. The Labute approximate surface area is 189 Å². The lowest BCUT2D eigenvalue weighted by Gasteiger charge is -2.19. The van der Waals surface area contributed by atoms with Crippen molar-refractivity contribution in [1.29, 1.82) is 0 Å². The molecule has 0 amide bonds. The third-order valence-corrected chi connectivity index (χ3v) is 5.65. The van der Waals surface area contributed by atoms with E-state index in [-0.39, 0.29) is 11.5 Å². The maximum absolute atomic E-state index is 10.7. The van der Waals surface area contributed by atoms with E-state index in [0.717, 1.165) is 32.1 Å². The molecule has 172 valence electrons. The Morgan fingerprint density at radius 2 is 1.45 bits per heavy atom. The molecule has 31 heavy (non-hydrogen) atoms. The summed E-state index contributed by atoms with van der Waals surface area (Å²) >= 11 is 0. The minimum Gasteiger partial charge on any atom is -0.508 e. The minimum absolute atomic E-state index is 0.141. The third kappa shape index (κ3) is 10.1. The summed E-state index contributed by atoms with van der Waals surface area (Å²) in [6.07, 6.45) is 15.9. The number of phenolic OH excluding ortho intramolecular Hbond substituents is 2. The smallest absolute Gasteiger partial charge is 0.126 e. The molecular weight excluding hydrogens is 384 g/mol. The topological polar surface area (TPSA) is 60.7 Å². The lowest BCUT2D eigenvalue weighted by Crippen LogP contribution is -2.19. The molecular formula is C28H42O3. The highest BCUT2D eigenvalue weighted by Crippen LogP contribution is 2.33. The summed E-state index contributed by atoms with van der Waals surface area (Å²) in [5.74, 6) is 0.289. The van der Waals surface area contributed by atoms with Crippen LogP contribution in [0.1, 0.15) is 89.8 Å². The lowest BCUT2D eigenvalue weighted by molar-refractivity contribution is 0.104. The van der Waals surface area contributed by atoms with Crippen LogP contribution >= 0.6 is 0 Å². The van der Waals surface area contributed by atoms with Gasteiger partial charge in [0.15, 0.2) is 0 Å². The maximum atomic E-state index is 10.7. The van der Waals surface area contributed by atoms with Crippen LogP contribution in [0.15, 0.2) is 47.1 Å². The molecule has 3 N–H and O–H groups in total. The van der Waals surface area contributed by atoms with Crippen molar-refractivity contribution in [2.75, 3.05) is 0 Å². The third-order valence-electron chi connectivity index (χ3n) is 5.65. The number of aromatic hydroxyl groups is 2.